The number of pyridine rings is 1. The van der Waals surface area contributed by atoms with Gasteiger partial charge in [0.1, 0.15) is 0 Å². The maximum atomic E-state index is 6.44. The predicted molar refractivity (Wildman–Crippen MR) is 73.8 cm³/mol. The average Bonchev–Trinajstić information content (AvgIpc) is 2.33. The van der Waals surface area contributed by atoms with Crippen LogP contribution in [0.5, 0.6) is 0 Å². The Labute approximate surface area is 114 Å². The molecule has 1 heterocycles. The van der Waals surface area contributed by atoms with Crippen LogP contribution in [0.1, 0.15) is 44.1 Å². The van der Waals surface area contributed by atoms with E-state index in [0.717, 1.165) is 29.3 Å². The van der Waals surface area contributed by atoms with E-state index in [-0.39, 0.29) is 5.38 Å². The van der Waals surface area contributed by atoms with Crippen LogP contribution in [-0.2, 0) is 6.42 Å². The number of rotatable bonds is 4. The Kier molecular flexibility index (Phi) is 5.12. The molecule has 3 heteroatoms. The van der Waals surface area contributed by atoms with Gasteiger partial charge in [-0.15, -0.1) is 11.6 Å². The Morgan fingerprint density at radius 3 is 2.76 bits per heavy atom. The fourth-order valence-corrected chi connectivity index (χ4v) is 3.29. The van der Waals surface area contributed by atoms with E-state index in [1.807, 2.05) is 6.07 Å². The molecule has 1 nitrogen and oxygen atoms in total. The van der Waals surface area contributed by atoms with Gasteiger partial charge in [-0.1, -0.05) is 43.7 Å². The highest BCUT2D eigenvalue weighted by Crippen LogP contribution is 2.30. The average molecular weight is 272 g/mol. The zero-order valence-electron chi connectivity index (χ0n) is 10.0. The molecule has 0 aromatic carbocycles. The van der Waals surface area contributed by atoms with Gasteiger partial charge in [0.05, 0.1) is 5.02 Å². The first-order valence-corrected chi connectivity index (χ1v) is 7.29. The summed E-state index contributed by atoms with van der Waals surface area (Å²) in [4.78, 5) is 3.99. The molecule has 0 amide bonds. The summed E-state index contributed by atoms with van der Waals surface area (Å²) in [6.07, 6.45) is 12.3. The molecule has 0 aliphatic heterocycles. The zero-order chi connectivity index (χ0) is 12.1. The molecule has 0 N–H and O–H groups in total. The van der Waals surface area contributed by atoms with E-state index in [2.05, 4.69) is 4.98 Å². The number of halogens is 2. The van der Waals surface area contributed by atoms with Gasteiger partial charge in [0.15, 0.2) is 0 Å². The molecule has 1 aromatic heterocycles. The summed E-state index contributed by atoms with van der Waals surface area (Å²) in [5.41, 5.74) is 1.12. The summed E-state index contributed by atoms with van der Waals surface area (Å²) in [7, 11) is 0. The second-order valence-electron chi connectivity index (χ2n) is 5.01. The number of aromatic nitrogens is 1. The first-order chi connectivity index (χ1) is 8.25. The van der Waals surface area contributed by atoms with E-state index in [9.17, 15) is 0 Å². The van der Waals surface area contributed by atoms with E-state index >= 15 is 0 Å². The van der Waals surface area contributed by atoms with Gasteiger partial charge in [-0.2, -0.15) is 0 Å². The maximum Gasteiger partial charge on any atom is 0.0621 e. The maximum absolute atomic E-state index is 6.44. The van der Waals surface area contributed by atoms with Gasteiger partial charge >= 0.3 is 0 Å². The van der Waals surface area contributed by atoms with Crippen molar-refractivity contribution in [3.05, 3.63) is 29.0 Å². The molecule has 2 rings (SSSR count). The molecule has 1 aliphatic rings. The summed E-state index contributed by atoms with van der Waals surface area (Å²) in [5, 5.41) is 0.944. The quantitative estimate of drug-likeness (QED) is 0.713. The molecule has 1 aromatic rings. The van der Waals surface area contributed by atoms with Crippen LogP contribution in [0.3, 0.4) is 0 Å². The standard InChI is InChI=1S/C14H19Cl2N/c15-13(8-11-4-2-1-3-5-11)9-12-6-7-17-10-14(12)16/h6-7,10-11,13H,1-5,8-9H2. The number of hydrogen-bond donors (Lipinski definition) is 0. The summed E-state index contributed by atoms with van der Waals surface area (Å²) in [5.74, 6) is 0.826. The molecule has 0 bridgehead atoms. The Bertz CT molecular complexity index is 348. The topological polar surface area (TPSA) is 12.9 Å². The third kappa shape index (κ3) is 4.15. The van der Waals surface area contributed by atoms with Crippen molar-refractivity contribution in [1.82, 2.24) is 4.98 Å². The molecule has 0 spiro atoms. The van der Waals surface area contributed by atoms with Crippen molar-refractivity contribution in [3.8, 4) is 0 Å². The lowest BCUT2D eigenvalue weighted by atomic mass is 9.85. The van der Waals surface area contributed by atoms with Crippen molar-refractivity contribution in [2.75, 3.05) is 0 Å². The number of nitrogens with zero attached hydrogens (tertiary/aromatic N) is 1. The third-order valence-electron chi connectivity index (χ3n) is 3.61. The number of hydrogen-bond acceptors (Lipinski definition) is 1. The van der Waals surface area contributed by atoms with E-state index in [1.165, 1.54) is 32.1 Å². The van der Waals surface area contributed by atoms with Crippen molar-refractivity contribution < 1.29 is 0 Å². The fraction of sp³-hybridized carbons (Fsp3) is 0.643. The highest BCUT2D eigenvalue weighted by Gasteiger charge is 2.18. The lowest BCUT2D eigenvalue weighted by Gasteiger charge is -2.23. The minimum atomic E-state index is 0.206. The van der Waals surface area contributed by atoms with Crippen LogP contribution >= 0.6 is 23.2 Å². The summed E-state index contributed by atoms with van der Waals surface area (Å²) >= 11 is 12.5. The smallest absolute Gasteiger partial charge is 0.0621 e. The summed E-state index contributed by atoms with van der Waals surface area (Å²) < 4.78 is 0. The molecule has 17 heavy (non-hydrogen) atoms. The highest BCUT2D eigenvalue weighted by atomic mass is 35.5. The molecule has 0 saturated heterocycles. The monoisotopic (exact) mass is 271 g/mol. The highest BCUT2D eigenvalue weighted by molar-refractivity contribution is 6.31. The van der Waals surface area contributed by atoms with E-state index in [1.54, 1.807) is 12.4 Å². The molecule has 1 saturated carbocycles. The van der Waals surface area contributed by atoms with Crippen LogP contribution in [0, 0.1) is 5.92 Å². The third-order valence-corrected chi connectivity index (χ3v) is 4.28. The first kappa shape index (κ1) is 13.2. The van der Waals surface area contributed by atoms with E-state index in [4.69, 9.17) is 23.2 Å². The Balaban J connectivity index is 1.84. The van der Waals surface area contributed by atoms with Gasteiger partial charge in [-0.3, -0.25) is 4.98 Å². The molecule has 1 aliphatic carbocycles. The van der Waals surface area contributed by atoms with Crippen LogP contribution in [-0.4, -0.2) is 10.4 Å². The van der Waals surface area contributed by atoms with Gasteiger partial charge in [0.2, 0.25) is 0 Å². The van der Waals surface area contributed by atoms with Crippen molar-refractivity contribution in [2.24, 2.45) is 5.92 Å². The van der Waals surface area contributed by atoms with E-state index in [0.29, 0.717) is 0 Å². The number of alkyl halides is 1. The molecule has 1 fully saturated rings. The lowest BCUT2D eigenvalue weighted by Crippen LogP contribution is -2.14. The minimum absolute atomic E-state index is 0.206. The summed E-state index contributed by atoms with van der Waals surface area (Å²) in [6.45, 7) is 0. The van der Waals surface area contributed by atoms with Crippen molar-refractivity contribution in [1.29, 1.82) is 0 Å². The molecular formula is C14H19Cl2N. The van der Waals surface area contributed by atoms with Gasteiger partial charge < -0.3 is 0 Å². The fourth-order valence-electron chi connectivity index (χ4n) is 2.68. The molecular weight excluding hydrogens is 253 g/mol. The zero-order valence-corrected chi connectivity index (χ0v) is 11.6. The Hall–Kier alpha value is -0.270. The van der Waals surface area contributed by atoms with Crippen LogP contribution in [0.2, 0.25) is 5.02 Å². The van der Waals surface area contributed by atoms with E-state index < -0.39 is 0 Å². The largest absolute Gasteiger partial charge is 0.263 e. The lowest BCUT2D eigenvalue weighted by molar-refractivity contribution is 0.334. The molecule has 0 radical (unpaired) electrons. The molecule has 94 valence electrons. The van der Waals surface area contributed by atoms with Crippen LogP contribution in [0.4, 0.5) is 0 Å². The van der Waals surface area contributed by atoms with Gasteiger partial charge in [0.25, 0.3) is 0 Å². The second-order valence-corrected chi connectivity index (χ2v) is 6.03. The van der Waals surface area contributed by atoms with Crippen LogP contribution < -0.4 is 0 Å². The molecule has 1 atom stereocenters. The summed E-state index contributed by atoms with van der Waals surface area (Å²) in [6, 6.07) is 1.97. The Morgan fingerprint density at radius 2 is 2.06 bits per heavy atom. The SMILES string of the molecule is Clc1cnccc1CC(Cl)CC1CCCCC1. The first-order valence-electron chi connectivity index (χ1n) is 6.48. The van der Waals surface area contributed by atoms with Crippen LogP contribution in [0.15, 0.2) is 18.5 Å². The molecule has 1 unspecified atom stereocenters. The van der Waals surface area contributed by atoms with Gasteiger partial charge in [0, 0.05) is 17.8 Å². The second kappa shape index (κ2) is 6.61. The van der Waals surface area contributed by atoms with Crippen molar-refractivity contribution >= 4 is 23.2 Å². The normalized spacial score (nSPS) is 19.2. The Morgan fingerprint density at radius 1 is 1.29 bits per heavy atom. The van der Waals surface area contributed by atoms with Crippen LogP contribution in [0.25, 0.3) is 0 Å². The van der Waals surface area contributed by atoms with Crippen molar-refractivity contribution in [3.63, 3.8) is 0 Å². The van der Waals surface area contributed by atoms with Gasteiger partial charge in [-0.05, 0) is 30.4 Å². The predicted octanol–water partition coefficient (Wildman–Crippen LogP) is 4.86. The van der Waals surface area contributed by atoms with Gasteiger partial charge in [-0.25, -0.2) is 0 Å². The minimum Gasteiger partial charge on any atom is -0.263 e. The van der Waals surface area contributed by atoms with Crippen molar-refractivity contribution in [2.45, 2.75) is 50.3 Å².